The standard InChI is InChI=1S/C59H52Cl3NO18/c1-34(64)27-30-43(65)76-47-48(78-53(68)39-22-11-5-12-23-39)50(79-54(69)40-24-13-6-14-25-40)57(81-49(47)55(70)72-2)80-46-44(63-58(71)59(60,61)62)56(74-32-35-28-29-36-17-15-16-26-41(36)31-35)75-42(33-73-51(66)37-18-7-3-8-19-37)45(46)77-52(67)38-20-9-4-10-21-38/h3-26,28-29,31,42,44-50,56-57H,27,30,32-33H2,1-2H3,(H,63,71)/t42-,44-,45-,46-,47+,48+,49+,50-,56-,57-/m1/s1. The van der Waals surface area contributed by atoms with Crippen molar-refractivity contribution in [2.24, 2.45) is 0 Å². The molecule has 22 heteroatoms. The van der Waals surface area contributed by atoms with Crippen LogP contribution < -0.4 is 5.32 Å². The summed E-state index contributed by atoms with van der Waals surface area (Å²) in [6, 6.07) is 41.5. The fraction of sp³-hybridized carbons (Fsp3) is 0.288. The van der Waals surface area contributed by atoms with Gasteiger partial charge in [0.25, 0.3) is 9.70 Å². The second-order valence-corrected chi connectivity index (χ2v) is 20.7. The van der Waals surface area contributed by atoms with Gasteiger partial charge in [-0.1, -0.05) is 144 Å². The third-order valence-corrected chi connectivity index (χ3v) is 13.3. The van der Waals surface area contributed by atoms with Gasteiger partial charge in [0, 0.05) is 6.42 Å². The molecule has 1 amide bonds. The van der Waals surface area contributed by atoms with E-state index in [4.69, 9.17) is 82.2 Å². The summed E-state index contributed by atoms with van der Waals surface area (Å²) in [5.41, 5.74) is 0.574. The molecule has 6 aromatic rings. The molecule has 1 N–H and O–H groups in total. The zero-order valence-corrected chi connectivity index (χ0v) is 45.4. The minimum atomic E-state index is -2.72. The summed E-state index contributed by atoms with van der Waals surface area (Å²) in [5, 5.41) is 4.31. The smallest absolute Gasteiger partial charge is 0.339 e. The molecule has 81 heavy (non-hydrogen) atoms. The molecule has 2 aliphatic heterocycles. The van der Waals surface area contributed by atoms with Gasteiger partial charge in [-0.15, -0.1) is 0 Å². The Morgan fingerprint density at radius 2 is 1.04 bits per heavy atom. The predicted molar refractivity (Wildman–Crippen MR) is 289 cm³/mol. The van der Waals surface area contributed by atoms with E-state index in [0.29, 0.717) is 5.56 Å². The lowest BCUT2D eigenvalue weighted by Crippen LogP contribution is -2.70. The van der Waals surface area contributed by atoms with Crippen LogP contribution in [0.25, 0.3) is 10.8 Å². The number of methoxy groups -OCH3 is 1. The fourth-order valence-electron chi connectivity index (χ4n) is 8.75. The minimum Gasteiger partial charge on any atom is -0.467 e. The Morgan fingerprint density at radius 3 is 1.57 bits per heavy atom. The number of halogens is 3. The summed E-state index contributed by atoms with van der Waals surface area (Å²) in [7, 11) is 0.974. The number of alkyl halides is 3. The summed E-state index contributed by atoms with van der Waals surface area (Å²) >= 11 is 18.7. The first-order valence-corrected chi connectivity index (χ1v) is 26.3. The Morgan fingerprint density at radius 1 is 0.531 bits per heavy atom. The van der Waals surface area contributed by atoms with E-state index in [1.165, 1.54) is 79.7 Å². The van der Waals surface area contributed by atoms with E-state index < -0.39 is 126 Å². The molecule has 2 aliphatic rings. The van der Waals surface area contributed by atoms with E-state index >= 15 is 0 Å². The Bertz CT molecular complexity index is 3190. The van der Waals surface area contributed by atoms with E-state index in [0.717, 1.165) is 17.9 Å². The highest BCUT2D eigenvalue weighted by Gasteiger charge is 2.59. The van der Waals surface area contributed by atoms with Gasteiger partial charge in [0.1, 0.15) is 30.6 Å². The number of rotatable bonds is 20. The first-order chi connectivity index (χ1) is 39.0. The van der Waals surface area contributed by atoms with Gasteiger partial charge < -0.3 is 57.5 Å². The molecule has 0 bridgehead atoms. The number of esters is 6. The number of Topliss-reactive ketones (excluding diaryl/α,β-unsaturated/α-hetero) is 1. The molecule has 0 saturated carbocycles. The van der Waals surface area contributed by atoms with Crippen molar-refractivity contribution in [1.29, 1.82) is 0 Å². The Hall–Kier alpha value is -7.75. The zero-order valence-electron chi connectivity index (χ0n) is 43.2. The van der Waals surface area contributed by atoms with Crippen LogP contribution in [0.4, 0.5) is 0 Å². The van der Waals surface area contributed by atoms with Gasteiger partial charge in [-0.3, -0.25) is 9.59 Å². The average molecular weight is 1170 g/mol. The van der Waals surface area contributed by atoms with Gasteiger partial charge in [0.05, 0.1) is 42.4 Å². The van der Waals surface area contributed by atoms with Crippen LogP contribution in [0.3, 0.4) is 0 Å². The van der Waals surface area contributed by atoms with Crippen LogP contribution in [-0.4, -0.2) is 126 Å². The number of amides is 1. The maximum absolute atomic E-state index is 14.4. The average Bonchev–Trinajstić information content (AvgIpc) is 3.49. The summed E-state index contributed by atoms with van der Waals surface area (Å²) < 4.78 is 59.0. The summed E-state index contributed by atoms with van der Waals surface area (Å²) in [6.45, 7) is 0.253. The molecular formula is C59H52Cl3NO18. The Labute approximate surface area is 478 Å². The van der Waals surface area contributed by atoms with Crippen LogP contribution in [0.5, 0.6) is 0 Å². The number of ether oxygens (including phenoxy) is 10. The molecule has 2 heterocycles. The minimum absolute atomic E-state index is 0.00973. The van der Waals surface area contributed by atoms with Gasteiger partial charge >= 0.3 is 35.8 Å². The second-order valence-electron chi connectivity index (χ2n) is 18.4. The van der Waals surface area contributed by atoms with Crippen molar-refractivity contribution in [2.45, 2.75) is 91.5 Å². The first kappa shape index (κ1) is 59.4. The highest BCUT2D eigenvalue weighted by atomic mass is 35.6. The molecule has 0 aromatic heterocycles. The molecular weight excluding hydrogens is 1120 g/mol. The monoisotopic (exact) mass is 1170 g/mol. The number of nitrogens with one attached hydrogen (secondary N) is 1. The van der Waals surface area contributed by atoms with Crippen molar-refractivity contribution in [2.75, 3.05) is 13.7 Å². The lowest BCUT2D eigenvalue weighted by molar-refractivity contribution is -0.340. The van der Waals surface area contributed by atoms with E-state index in [9.17, 15) is 38.4 Å². The molecule has 10 atom stereocenters. The van der Waals surface area contributed by atoms with E-state index in [2.05, 4.69) is 5.32 Å². The molecule has 0 spiro atoms. The largest absolute Gasteiger partial charge is 0.467 e. The summed E-state index contributed by atoms with van der Waals surface area (Å²) in [5.74, 6) is -8.07. The molecule has 0 unspecified atom stereocenters. The maximum atomic E-state index is 14.4. The highest BCUT2D eigenvalue weighted by Crippen LogP contribution is 2.37. The number of hydrogen-bond acceptors (Lipinski definition) is 18. The second kappa shape index (κ2) is 27.6. The van der Waals surface area contributed by atoms with Crippen molar-refractivity contribution in [3.63, 3.8) is 0 Å². The third-order valence-electron chi connectivity index (χ3n) is 12.7. The quantitative estimate of drug-likeness (QED) is 0.0432. The molecule has 19 nitrogen and oxygen atoms in total. The number of carbonyl (C=O) groups excluding carboxylic acids is 8. The molecule has 0 aliphatic carbocycles. The van der Waals surface area contributed by atoms with E-state index in [1.807, 2.05) is 36.4 Å². The van der Waals surface area contributed by atoms with Gasteiger partial charge in [0.15, 0.2) is 43.1 Å². The molecule has 2 saturated heterocycles. The topological polar surface area (TPSA) is 241 Å². The molecule has 422 valence electrons. The Kier molecular flexibility index (Phi) is 20.2. The van der Waals surface area contributed by atoms with Gasteiger partial charge in [0.2, 0.25) is 0 Å². The SMILES string of the molecule is COC(=O)[C@H]1O[C@@H](O[C@@H]2[C@@H](NC(=O)C(Cl)(Cl)Cl)[C@H](OCc3ccc4ccccc4c3)O[C@H](COC(=O)c3ccccc3)[C@H]2OC(=O)c2ccccc2)[C@H](OC(=O)c2ccccc2)[C@@H](OC(=O)c2ccccc2)[C@@H]1OC(=O)CCC(C)=O. The predicted octanol–water partition coefficient (Wildman–Crippen LogP) is 8.03. The first-order valence-electron chi connectivity index (χ1n) is 25.2. The maximum Gasteiger partial charge on any atom is 0.339 e. The lowest BCUT2D eigenvalue weighted by Gasteiger charge is -2.49. The van der Waals surface area contributed by atoms with Gasteiger partial charge in [-0.2, -0.15) is 0 Å². The van der Waals surface area contributed by atoms with E-state index in [-0.39, 0.29) is 35.3 Å². The van der Waals surface area contributed by atoms with Gasteiger partial charge in [-0.25, -0.2) is 24.0 Å². The summed E-state index contributed by atoms with van der Waals surface area (Å²) in [6.07, 6.45) is -18.6. The van der Waals surface area contributed by atoms with Crippen molar-refractivity contribution >= 4 is 93.1 Å². The highest BCUT2D eigenvalue weighted by molar-refractivity contribution is 6.76. The van der Waals surface area contributed by atoms with Crippen molar-refractivity contribution in [3.8, 4) is 0 Å². The Balaban J connectivity index is 1.30. The van der Waals surface area contributed by atoms with Crippen molar-refractivity contribution < 1.29 is 85.7 Å². The molecule has 2 fully saturated rings. The van der Waals surface area contributed by atoms with Crippen LogP contribution in [0.1, 0.15) is 66.8 Å². The van der Waals surface area contributed by atoms with Crippen LogP contribution in [0, 0.1) is 0 Å². The van der Waals surface area contributed by atoms with Crippen LogP contribution >= 0.6 is 34.8 Å². The summed E-state index contributed by atoms with van der Waals surface area (Å²) in [4.78, 5) is 111. The third kappa shape index (κ3) is 15.6. The molecule has 8 rings (SSSR count). The number of fused-ring (bicyclic) bond motifs is 1. The number of ketones is 1. The van der Waals surface area contributed by atoms with Crippen LogP contribution in [0.15, 0.2) is 164 Å². The zero-order chi connectivity index (χ0) is 57.6. The lowest BCUT2D eigenvalue weighted by atomic mass is 9.94. The fourth-order valence-corrected chi connectivity index (χ4v) is 8.91. The van der Waals surface area contributed by atoms with Crippen molar-refractivity contribution in [3.05, 3.63) is 192 Å². The normalized spacial score (nSPS) is 22.5. The number of carbonyl (C=O) groups is 8. The van der Waals surface area contributed by atoms with Gasteiger partial charge in [-0.05, 0) is 77.9 Å². The van der Waals surface area contributed by atoms with E-state index in [1.54, 1.807) is 54.6 Å². The molecule has 6 aromatic carbocycles. The van der Waals surface area contributed by atoms with Crippen molar-refractivity contribution in [1.82, 2.24) is 5.32 Å². The van der Waals surface area contributed by atoms with Crippen LogP contribution in [-0.2, 0) is 73.2 Å². The molecule has 0 radical (unpaired) electrons. The number of benzene rings is 6. The van der Waals surface area contributed by atoms with Crippen LogP contribution in [0.2, 0.25) is 0 Å². The number of hydrogen-bond donors (Lipinski definition) is 1.